The van der Waals surface area contributed by atoms with Gasteiger partial charge in [-0.05, 0) is 177 Å². The van der Waals surface area contributed by atoms with E-state index in [4.69, 9.17) is 9.47 Å². The highest BCUT2D eigenvalue weighted by atomic mass is 16.5. The van der Waals surface area contributed by atoms with Crippen molar-refractivity contribution in [3.8, 4) is 23.0 Å². The number of carboxylic acids is 2. The number of hydrogen-bond donors (Lipinski definition) is 2. The van der Waals surface area contributed by atoms with Gasteiger partial charge in [0, 0.05) is 5.41 Å². The highest BCUT2D eigenvalue weighted by molar-refractivity contribution is 5.91. The largest absolute Gasteiger partial charge is 0.478 e. The van der Waals surface area contributed by atoms with Gasteiger partial charge >= 0.3 is 11.9 Å². The SMILES string of the molecule is O=C(O)c1ccccc1Oc1ccc(C2(c3ccc(Oc4ccccc4C(=O)O)cc3)C3CC4CC(C3)CC2(C23CC5CC(CC(C5)C2)C3)C4)cc1. The average molecular weight is 695 g/mol. The molecular weight excluding hydrogens is 649 g/mol. The Balaban J connectivity index is 1.12. The van der Waals surface area contributed by atoms with Crippen molar-refractivity contribution >= 4 is 11.9 Å². The van der Waals surface area contributed by atoms with Crippen LogP contribution in [0.4, 0.5) is 0 Å². The van der Waals surface area contributed by atoms with Crippen LogP contribution in [0.15, 0.2) is 97.1 Å². The van der Waals surface area contributed by atoms with Crippen molar-refractivity contribution in [2.45, 2.75) is 76.0 Å². The van der Waals surface area contributed by atoms with Gasteiger partial charge in [-0.25, -0.2) is 9.59 Å². The fourth-order valence-electron chi connectivity index (χ4n) is 14.1. The number of para-hydroxylation sites is 2. The smallest absolute Gasteiger partial charge is 0.339 e. The Morgan fingerprint density at radius 2 is 0.885 bits per heavy atom. The van der Waals surface area contributed by atoms with Crippen LogP contribution in [0, 0.1) is 46.3 Å². The fourth-order valence-corrected chi connectivity index (χ4v) is 14.1. The molecule has 0 amide bonds. The van der Waals surface area contributed by atoms with Crippen molar-refractivity contribution in [2.24, 2.45) is 46.3 Å². The number of rotatable bonds is 9. The second kappa shape index (κ2) is 11.7. The molecule has 4 aromatic carbocycles. The minimum Gasteiger partial charge on any atom is -0.478 e. The van der Waals surface area contributed by atoms with Gasteiger partial charge in [-0.3, -0.25) is 0 Å². The van der Waals surface area contributed by atoms with Gasteiger partial charge in [-0.15, -0.1) is 0 Å². The van der Waals surface area contributed by atoms with Crippen molar-refractivity contribution in [2.75, 3.05) is 0 Å². The van der Waals surface area contributed by atoms with Gasteiger partial charge in [0.05, 0.1) is 0 Å². The first kappa shape index (κ1) is 32.1. The van der Waals surface area contributed by atoms with Crippen LogP contribution in [-0.4, -0.2) is 22.2 Å². The van der Waals surface area contributed by atoms with Crippen LogP contribution in [0.5, 0.6) is 23.0 Å². The second-order valence-electron chi connectivity index (χ2n) is 17.5. The van der Waals surface area contributed by atoms with Crippen LogP contribution in [0.25, 0.3) is 0 Å². The molecule has 6 nitrogen and oxygen atoms in total. The summed E-state index contributed by atoms with van der Waals surface area (Å²) in [5.41, 5.74) is 3.29. The molecule has 0 aromatic heterocycles. The van der Waals surface area contributed by atoms with Gasteiger partial charge < -0.3 is 19.7 Å². The Morgan fingerprint density at radius 3 is 1.29 bits per heavy atom. The van der Waals surface area contributed by atoms with E-state index in [1.54, 1.807) is 36.4 Å². The normalized spacial score (nSPS) is 33.2. The fraction of sp³-hybridized carbons (Fsp3) is 0.435. The molecule has 12 rings (SSSR count). The van der Waals surface area contributed by atoms with Crippen molar-refractivity contribution in [1.29, 1.82) is 0 Å². The standard InChI is InChI=1S/C46H46O6/c47-42(48)38-5-1-3-7-40(38)51-36-13-9-33(10-14-36)46(34-11-15-37(16-12-34)52-41-8-4-2-6-39(41)43(49)50)35-21-31-20-32(22-35)27-45(46,26-31)44-23-28-17-29(24-44)19-30(18-28)25-44/h1-16,28-32,35H,17-27H2,(H,47,48)(H,49,50). The second-order valence-corrected chi connectivity index (χ2v) is 17.5. The number of aromatic carboxylic acids is 2. The predicted molar refractivity (Wildman–Crippen MR) is 197 cm³/mol. The number of carboxylic acid groups (broad SMARTS) is 2. The summed E-state index contributed by atoms with van der Waals surface area (Å²) in [4.78, 5) is 23.9. The Morgan fingerprint density at radius 1 is 0.500 bits per heavy atom. The Bertz CT molecular complexity index is 1890. The molecular formula is C46H46O6. The zero-order valence-electron chi connectivity index (χ0n) is 29.5. The zero-order valence-corrected chi connectivity index (χ0v) is 29.5. The maximum atomic E-state index is 12.0. The molecule has 52 heavy (non-hydrogen) atoms. The summed E-state index contributed by atoms with van der Waals surface area (Å²) in [7, 11) is 0. The van der Waals surface area contributed by atoms with Crippen LogP contribution in [0.1, 0.15) is 102 Å². The maximum Gasteiger partial charge on any atom is 0.339 e. The van der Waals surface area contributed by atoms with Crippen LogP contribution >= 0.6 is 0 Å². The number of hydrogen-bond acceptors (Lipinski definition) is 4. The van der Waals surface area contributed by atoms with Crippen LogP contribution in [-0.2, 0) is 5.41 Å². The topological polar surface area (TPSA) is 93.1 Å². The van der Waals surface area contributed by atoms with Gasteiger partial charge in [-0.2, -0.15) is 0 Å². The summed E-state index contributed by atoms with van der Waals surface area (Å²) < 4.78 is 12.5. The molecule has 2 N–H and O–H groups in total. The van der Waals surface area contributed by atoms with E-state index in [1.165, 1.54) is 81.8 Å². The van der Waals surface area contributed by atoms with E-state index < -0.39 is 11.9 Å². The lowest BCUT2D eigenvalue weighted by molar-refractivity contribution is -0.234. The van der Waals surface area contributed by atoms with Crippen LogP contribution in [0.3, 0.4) is 0 Å². The van der Waals surface area contributed by atoms with Crippen LogP contribution in [0.2, 0.25) is 0 Å². The van der Waals surface area contributed by atoms with Gasteiger partial charge in [0.25, 0.3) is 0 Å². The van der Waals surface area contributed by atoms with Gasteiger partial charge in [0.2, 0.25) is 0 Å². The third kappa shape index (κ3) is 4.68. The minimum atomic E-state index is -1.00. The minimum absolute atomic E-state index is 0.140. The molecule has 0 saturated heterocycles. The molecule has 4 aromatic rings. The quantitative estimate of drug-likeness (QED) is 0.181. The highest BCUT2D eigenvalue weighted by Gasteiger charge is 2.74. The molecule has 6 heteroatoms. The third-order valence-electron chi connectivity index (χ3n) is 14.9. The first-order chi connectivity index (χ1) is 25.2. The predicted octanol–water partition coefficient (Wildman–Crippen LogP) is 11.0. The summed E-state index contributed by atoms with van der Waals surface area (Å²) in [6.07, 6.45) is 14.8. The first-order valence-electron chi connectivity index (χ1n) is 19.5. The molecule has 8 aliphatic rings. The van der Waals surface area contributed by atoms with E-state index in [1.807, 2.05) is 12.1 Å². The lowest BCUT2D eigenvalue weighted by Gasteiger charge is -2.77. The Kier molecular flexibility index (Phi) is 7.23. The van der Waals surface area contributed by atoms with E-state index in [-0.39, 0.29) is 22.0 Å². The molecule has 266 valence electrons. The number of ether oxygens (including phenoxy) is 2. The molecule has 8 fully saturated rings. The summed E-state index contributed by atoms with van der Waals surface area (Å²) in [5, 5.41) is 19.6. The Hall–Kier alpha value is -4.58. The van der Waals surface area contributed by atoms with Crippen molar-refractivity contribution in [3.05, 3.63) is 119 Å². The van der Waals surface area contributed by atoms with E-state index in [2.05, 4.69) is 48.5 Å². The third-order valence-corrected chi connectivity index (χ3v) is 14.9. The molecule has 8 aliphatic carbocycles. The molecule has 0 aliphatic heterocycles. The van der Waals surface area contributed by atoms with E-state index in [0.717, 1.165) is 29.6 Å². The van der Waals surface area contributed by atoms with Crippen molar-refractivity contribution in [3.63, 3.8) is 0 Å². The first-order valence-corrected chi connectivity index (χ1v) is 19.5. The van der Waals surface area contributed by atoms with Gasteiger partial charge in [-0.1, -0.05) is 48.5 Å². The summed E-state index contributed by atoms with van der Waals surface area (Å²) in [6.45, 7) is 0. The highest BCUT2D eigenvalue weighted by Crippen LogP contribution is 2.81. The molecule has 0 spiro atoms. The maximum absolute atomic E-state index is 12.0. The Labute approximate surface area is 305 Å². The molecule has 2 unspecified atom stereocenters. The van der Waals surface area contributed by atoms with E-state index in [9.17, 15) is 19.8 Å². The van der Waals surface area contributed by atoms with Crippen molar-refractivity contribution in [1.82, 2.24) is 0 Å². The van der Waals surface area contributed by atoms with Gasteiger partial charge in [0.15, 0.2) is 0 Å². The summed E-state index contributed by atoms with van der Waals surface area (Å²) in [6, 6.07) is 31.1. The molecule has 0 radical (unpaired) electrons. The summed E-state index contributed by atoms with van der Waals surface area (Å²) in [5.74, 6) is 4.61. The molecule has 8 saturated carbocycles. The van der Waals surface area contributed by atoms with Gasteiger partial charge in [0.1, 0.15) is 34.1 Å². The lowest BCUT2D eigenvalue weighted by Crippen LogP contribution is -2.71. The summed E-state index contributed by atoms with van der Waals surface area (Å²) >= 11 is 0. The lowest BCUT2D eigenvalue weighted by atomic mass is 9.27. The number of benzene rings is 4. The number of carbonyl (C=O) groups is 2. The van der Waals surface area contributed by atoms with Crippen LogP contribution < -0.4 is 9.47 Å². The van der Waals surface area contributed by atoms with E-state index >= 15 is 0 Å². The molecule has 8 bridgehead atoms. The zero-order chi connectivity index (χ0) is 35.2. The monoisotopic (exact) mass is 694 g/mol. The molecule has 0 heterocycles. The van der Waals surface area contributed by atoms with E-state index in [0.29, 0.717) is 34.3 Å². The molecule has 2 atom stereocenters. The average Bonchev–Trinajstić information content (AvgIpc) is 3.12. The van der Waals surface area contributed by atoms with Crippen molar-refractivity contribution < 1.29 is 29.3 Å².